The number of carbonyl (C=O) groups is 2. The van der Waals surface area contributed by atoms with Crippen LogP contribution in [0.2, 0.25) is 5.02 Å². The Labute approximate surface area is 135 Å². The van der Waals surface area contributed by atoms with E-state index in [1.165, 1.54) is 0 Å². The van der Waals surface area contributed by atoms with Gasteiger partial charge in [0.15, 0.2) is 0 Å². The summed E-state index contributed by atoms with van der Waals surface area (Å²) in [7, 11) is 0. The molecule has 7 heteroatoms. The van der Waals surface area contributed by atoms with E-state index in [0.29, 0.717) is 17.3 Å². The molecule has 0 saturated heterocycles. The van der Waals surface area contributed by atoms with Crippen LogP contribution in [0.1, 0.15) is 26.2 Å². The van der Waals surface area contributed by atoms with Crippen LogP contribution in [0.5, 0.6) is 0 Å². The summed E-state index contributed by atoms with van der Waals surface area (Å²) in [4.78, 5) is 22.7. The fourth-order valence-electron chi connectivity index (χ4n) is 1.55. The first-order valence-electron chi connectivity index (χ1n) is 7.21. The molecule has 0 aromatic heterocycles. The van der Waals surface area contributed by atoms with Crippen LogP contribution in [-0.4, -0.2) is 31.9 Å². The van der Waals surface area contributed by atoms with Gasteiger partial charge in [0.25, 0.3) is 0 Å². The molecule has 6 nitrogen and oxygen atoms in total. The molecule has 0 atom stereocenters. The normalized spacial score (nSPS) is 9.91. The number of carbonyl (C=O) groups excluding carboxylic acids is 2. The Morgan fingerprint density at radius 3 is 2.41 bits per heavy atom. The smallest absolute Gasteiger partial charge is 0.411 e. The molecule has 0 heterocycles. The average molecular weight is 329 g/mol. The Morgan fingerprint density at radius 1 is 1.05 bits per heavy atom. The van der Waals surface area contributed by atoms with Gasteiger partial charge in [-0.1, -0.05) is 31.4 Å². The highest BCUT2D eigenvalue weighted by Crippen LogP contribution is 2.13. The van der Waals surface area contributed by atoms with Gasteiger partial charge in [0.05, 0.1) is 13.2 Å². The molecular weight excluding hydrogens is 308 g/mol. The van der Waals surface area contributed by atoms with Crippen LogP contribution in [0.15, 0.2) is 24.3 Å². The number of halogens is 1. The third-order valence-electron chi connectivity index (χ3n) is 2.68. The highest BCUT2D eigenvalue weighted by atomic mass is 35.5. The Kier molecular flexibility index (Phi) is 8.83. The molecule has 1 aromatic carbocycles. The Hall–Kier alpha value is -1.95. The lowest BCUT2D eigenvalue weighted by Gasteiger charge is -2.08. The first-order valence-corrected chi connectivity index (χ1v) is 7.59. The number of nitrogens with one attached hydrogen (secondary N) is 2. The van der Waals surface area contributed by atoms with Crippen molar-refractivity contribution >= 4 is 29.5 Å². The SMILES string of the molecule is CCCCCOC(=O)NCCOC(=O)Nc1ccc(Cl)cc1. The van der Waals surface area contributed by atoms with Gasteiger partial charge in [-0.25, -0.2) is 9.59 Å². The van der Waals surface area contributed by atoms with Crippen LogP contribution in [0.4, 0.5) is 15.3 Å². The third kappa shape index (κ3) is 8.36. The van der Waals surface area contributed by atoms with Crippen molar-refractivity contribution in [1.29, 1.82) is 0 Å². The van der Waals surface area contributed by atoms with E-state index in [9.17, 15) is 9.59 Å². The van der Waals surface area contributed by atoms with Crippen molar-refractivity contribution in [3.05, 3.63) is 29.3 Å². The van der Waals surface area contributed by atoms with Gasteiger partial charge in [0.2, 0.25) is 0 Å². The lowest BCUT2D eigenvalue weighted by atomic mass is 10.3. The Bertz CT molecular complexity index is 465. The zero-order valence-electron chi connectivity index (χ0n) is 12.6. The lowest BCUT2D eigenvalue weighted by molar-refractivity contribution is 0.135. The van der Waals surface area contributed by atoms with Crippen molar-refractivity contribution in [2.24, 2.45) is 0 Å². The largest absolute Gasteiger partial charge is 0.450 e. The van der Waals surface area contributed by atoms with Gasteiger partial charge >= 0.3 is 12.2 Å². The summed E-state index contributed by atoms with van der Waals surface area (Å²) in [5, 5.41) is 5.63. The van der Waals surface area contributed by atoms with Crippen molar-refractivity contribution < 1.29 is 19.1 Å². The number of unbranched alkanes of at least 4 members (excludes halogenated alkanes) is 2. The predicted molar refractivity (Wildman–Crippen MR) is 85.3 cm³/mol. The summed E-state index contributed by atoms with van der Waals surface area (Å²) in [5.41, 5.74) is 0.581. The zero-order chi connectivity index (χ0) is 16.2. The molecule has 0 fully saturated rings. The summed E-state index contributed by atoms with van der Waals surface area (Å²) >= 11 is 5.74. The number of ether oxygens (including phenoxy) is 2. The topological polar surface area (TPSA) is 76.7 Å². The summed E-state index contributed by atoms with van der Waals surface area (Å²) in [5.74, 6) is 0. The van der Waals surface area contributed by atoms with Gasteiger partial charge in [-0.2, -0.15) is 0 Å². The summed E-state index contributed by atoms with van der Waals surface area (Å²) in [6, 6.07) is 6.64. The molecule has 0 aliphatic carbocycles. The summed E-state index contributed by atoms with van der Waals surface area (Å²) < 4.78 is 9.86. The fraction of sp³-hybridized carbons (Fsp3) is 0.467. The van der Waals surface area contributed by atoms with E-state index in [2.05, 4.69) is 17.6 Å². The first-order chi connectivity index (χ1) is 10.6. The lowest BCUT2D eigenvalue weighted by Crippen LogP contribution is -2.29. The second-order valence-corrected chi connectivity index (χ2v) is 4.97. The average Bonchev–Trinajstić information content (AvgIpc) is 2.50. The standard InChI is InChI=1S/C15H21ClN2O4/c1-2-3-4-10-21-14(19)17-9-11-22-15(20)18-13-7-5-12(16)6-8-13/h5-8H,2-4,9-11H2,1H3,(H,17,19)(H,18,20). The first kappa shape index (κ1) is 18.1. The van der Waals surface area contributed by atoms with Gasteiger partial charge in [0, 0.05) is 10.7 Å². The maximum Gasteiger partial charge on any atom is 0.411 e. The number of benzene rings is 1. The Balaban J connectivity index is 2.07. The molecule has 0 aliphatic heterocycles. The van der Waals surface area contributed by atoms with Crippen molar-refractivity contribution in [1.82, 2.24) is 5.32 Å². The third-order valence-corrected chi connectivity index (χ3v) is 2.93. The van der Waals surface area contributed by atoms with Crippen LogP contribution >= 0.6 is 11.6 Å². The highest BCUT2D eigenvalue weighted by molar-refractivity contribution is 6.30. The maximum absolute atomic E-state index is 11.5. The van der Waals surface area contributed by atoms with Gasteiger partial charge in [-0.15, -0.1) is 0 Å². The van der Waals surface area contributed by atoms with Crippen molar-refractivity contribution in [2.75, 3.05) is 25.1 Å². The molecule has 1 rings (SSSR count). The molecule has 0 spiro atoms. The van der Waals surface area contributed by atoms with Crippen LogP contribution in [0, 0.1) is 0 Å². The Morgan fingerprint density at radius 2 is 1.73 bits per heavy atom. The van der Waals surface area contributed by atoms with Crippen molar-refractivity contribution in [3.63, 3.8) is 0 Å². The number of amides is 2. The molecule has 2 N–H and O–H groups in total. The van der Waals surface area contributed by atoms with E-state index in [1.807, 2.05) is 0 Å². The number of rotatable bonds is 8. The van der Waals surface area contributed by atoms with E-state index < -0.39 is 12.2 Å². The number of anilines is 1. The van der Waals surface area contributed by atoms with Crippen LogP contribution in [0.3, 0.4) is 0 Å². The van der Waals surface area contributed by atoms with Gasteiger partial charge in [-0.05, 0) is 30.7 Å². The van der Waals surface area contributed by atoms with Gasteiger partial charge in [-0.3, -0.25) is 5.32 Å². The molecule has 0 saturated carbocycles. The van der Waals surface area contributed by atoms with Gasteiger partial charge < -0.3 is 14.8 Å². The molecular formula is C15H21ClN2O4. The molecule has 0 unspecified atom stereocenters. The highest BCUT2D eigenvalue weighted by Gasteiger charge is 2.04. The predicted octanol–water partition coefficient (Wildman–Crippen LogP) is 3.80. The molecule has 0 aliphatic rings. The number of hydrogen-bond acceptors (Lipinski definition) is 4. The summed E-state index contributed by atoms with van der Waals surface area (Å²) in [6.45, 7) is 2.73. The monoisotopic (exact) mass is 328 g/mol. The minimum absolute atomic E-state index is 0.0590. The quantitative estimate of drug-likeness (QED) is 0.711. The van der Waals surface area contributed by atoms with Crippen molar-refractivity contribution in [3.8, 4) is 0 Å². The molecule has 0 radical (unpaired) electrons. The van der Waals surface area contributed by atoms with Crippen LogP contribution < -0.4 is 10.6 Å². The van der Waals surface area contributed by atoms with E-state index in [4.69, 9.17) is 21.1 Å². The second-order valence-electron chi connectivity index (χ2n) is 4.54. The molecule has 22 heavy (non-hydrogen) atoms. The molecule has 2 amide bonds. The van der Waals surface area contributed by atoms with Crippen LogP contribution in [0.25, 0.3) is 0 Å². The summed E-state index contributed by atoms with van der Waals surface area (Å²) in [6.07, 6.45) is 1.85. The van der Waals surface area contributed by atoms with E-state index in [0.717, 1.165) is 19.3 Å². The fourth-order valence-corrected chi connectivity index (χ4v) is 1.68. The van der Waals surface area contributed by atoms with E-state index in [1.54, 1.807) is 24.3 Å². The molecule has 1 aromatic rings. The van der Waals surface area contributed by atoms with E-state index in [-0.39, 0.29) is 13.2 Å². The number of alkyl carbamates (subject to hydrolysis) is 1. The number of hydrogen-bond donors (Lipinski definition) is 2. The second kappa shape index (κ2) is 10.7. The molecule has 0 bridgehead atoms. The molecule has 122 valence electrons. The van der Waals surface area contributed by atoms with Crippen molar-refractivity contribution in [2.45, 2.75) is 26.2 Å². The van der Waals surface area contributed by atoms with E-state index >= 15 is 0 Å². The van der Waals surface area contributed by atoms with Gasteiger partial charge in [0.1, 0.15) is 6.61 Å². The van der Waals surface area contributed by atoms with Crippen LogP contribution in [-0.2, 0) is 9.47 Å². The minimum atomic E-state index is -0.597. The maximum atomic E-state index is 11.5. The zero-order valence-corrected chi connectivity index (χ0v) is 13.3. The minimum Gasteiger partial charge on any atom is -0.450 e.